The van der Waals surface area contributed by atoms with Crippen molar-refractivity contribution in [1.29, 1.82) is 0 Å². The van der Waals surface area contributed by atoms with E-state index >= 15 is 0 Å². The van der Waals surface area contributed by atoms with Gasteiger partial charge in [-0.25, -0.2) is 0 Å². The smallest absolute Gasteiger partial charge is 0.259 e. The van der Waals surface area contributed by atoms with Crippen LogP contribution >= 0.6 is 23.2 Å². The van der Waals surface area contributed by atoms with Gasteiger partial charge in [0.15, 0.2) is 5.82 Å². The normalized spacial score (nSPS) is 11.9. The monoisotopic (exact) mass is 321 g/mol. The number of anilines is 1. The maximum absolute atomic E-state index is 5.98. The summed E-state index contributed by atoms with van der Waals surface area (Å²) < 4.78 is 1.61. The van der Waals surface area contributed by atoms with Crippen LogP contribution in [-0.4, -0.2) is 21.0 Å². The molecule has 3 aromatic rings. The van der Waals surface area contributed by atoms with Gasteiger partial charge in [-0.15, -0.1) is 9.61 Å². The Balaban J connectivity index is 1.83. The first-order valence-corrected chi connectivity index (χ1v) is 6.87. The van der Waals surface area contributed by atoms with Gasteiger partial charge in [-0.1, -0.05) is 28.3 Å². The Morgan fingerprint density at radius 3 is 2.76 bits per heavy atom. The predicted octanol–water partition coefficient (Wildman–Crippen LogP) is 2.69. The molecule has 0 aliphatic heterocycles. The zero-order valence-corrected chi connectivity index (χ0v) is 12.5. The zero-order chi connectivity index (χ0) is 14.8. The van der Waals surface area contributed by atoms with Gasteiger partial charge in [0.2, 0.25) is 6.33 Å². The van der Waals surface area contributed by atoms with E-state index in [0.717, 1.165) is 16.9 Å². The van der Waals surface area contributed by atoms with Gasteiger partial charge >= 0.3 is 5.65 Å². The fraction of sp³-hybridized carbons (Fsp3) is 0.0769. The highest BCUT2D eigenvalue weighted by Gasteiger charge is 2.06. The molecule has 106 valence electrons. The Hall–Kier alpha value is -2.18. The van der Waals surface area contributed by atoms with Crippen molar-refractivity contribution in [3.8, 4) is 0 Å². The number of halogens is 2. The van der Waals surface area contributed by atoms with E-state index in [1.165, 1.54) is 0 Å². The van der Waals surface area contributed by atoms with Crippen LogP contribution in [-0.2, 0) is 0 Å². The number of rotatable bonds is 3. The van der Waals surface area contributed by atoms with Crippen molar-refractivity contribution in [1.82, 2.24) is 15.3 Å². The SMILES string of the molecule is C/C(=N/Nc1ccc2n[nH]c[n+]2n1)c1cc(Cl)cc(Cl)c1. The molecule has 1 aromatic carbocycles. The van der Waals surface area contributed by atoms with Crippen LogP contribution in [0.3, 0.4) is 0 Å². The maximum Gasteiger partial charge on any atom is 0.325 e. The first kappa shape index (κ1) is 13.8. The molecule has 0 radical (unpaired) electrons. The van der Waals surface area contributed by atoms with Crippen molar-refractivity contribution < 1.29 is 4.52 Å². The van der Waals surface area contributed by atoms with Gasteiger partial charge in [0.05, 0.1) is 5.71 Å². The van der Waals surface area contributed by atoms with Gasteiger partial charge in [-0.05, 0) is 31.2 Å². The van der Waals surface area contributed by atoms with Gasteiger partial charge < -0.3 is 0 Å². The lowest BCUT2D eigenvalue weighted by Crippen LogP contribution is -2.24. The predicted molar refractivity (Wildman–Crippen MR) is 81.8 cm³/mol. The number of H-pyrrole nitrogens is 1. The Morgan fingerprint density at radius 1 is 1.24 bits per heavy atom. The van der Waals surface area contributed by atoms with Gasteiger partial charge in [-0.2, -0.15) is 5.10 Å². The summed E-state index contributed by atoms with van der Waals surface area (Å²) in [6, 6.07) is 8.90. The minimum absolute atomic E-state index is 0.570. The van der Waals surface area contributed by atoms with E-state index in [9.17, 15) is 0 Å². The molecule has 0 bridgehead atoms. The fourth-order valence-corrected chi connectivity index (χ4v) is 2.32. The molecule has 3 rings (SSSR count). The van der Waals surface area contributed by atoms with Crippen molar-refractivity contribution in [3.63, 3.8) is 0 Å². The molecule has 0 aliphatic carbocycles. The molecule has 0 saturated heterocycles. The van der Waals surface area contributed by atoms with E-state index in [-0.39, 0.29) is 0 Å². The summed E-state index contributed by atoms with van der Waals surface area (Å²) in [6.45, 7) is 1.86. The number of hydrogen-bond acceptors (Lipinski definition) is 4. The van der Waals surface area contributed by atoms with Crippen molar-refractivity contribution in [2.45, 2.75) is 6.92 Å². The summed E-state index contributed by atoms with van der Waals surface area (Å²) in [7, 11) is 0. The molecule has 0 unspecified atom stereocenters. The lowest BCUT2D eigenvalue weighted by atomic mass is 10.1. The lowest BCUT2D eigenvalue weighted by Gasteiger charge is -2.03. The number of fused-ring (bicyclic) bond motifs is 1. The summed E-state index contributed by atoms with van der Waals surface area (Å²) in [5, 5.41) is 16.4. The van der Waals surface area contributed by atoms with Gasteiger partial charge in [0.1, 0.15) is 0 Å². The molecule has 0 spiro atoms. The summed E-state index contributed by atoms with van der Waals surface area (Å²) in [6.07, 6.45) is 1.65. The van der Waals surface area contributed by atoms with Crippen molar-refractivity contribution in [2.75, 3.05) is 5.43 Å². The van der Waals surface area contributed by atoms with E-state index < -0.39 is 0 Å². The third-order valence-corrected chi connectivity index (χ3v) is 3.25. The van der Waals surface area contributed by atoms with Crippen LogP contribution in [0.2, 0.25) is 10.0 Å². The quantitative estimate of drug-likeness (QED) is 0.442. The van der Waals surface area contributed by atoms with E-state index in [0.29, 0.717) is 15.9 Å². The second-order valence-electron chi connectivity index (χ2n) is 4.36. The van der Waals surface area contributed by atoms with Gasteiger partial charge in [0.25, 0.3) is 0 Å². The number of nitrogens with one attached hydrogen (secondary N) is 2. The first-order chi connectivity index (χ1) is 10.1. The Kier molecular flexibility index (Phi) is 3.72. The summed E-state index contributed by atoms with van der Waals surface area (Å²) in [5.74, 6) is 0.598. The number of aromatic amines is 1. The van der Waals surface area contributed by atoms with Crippen LogP contribution in [0, 0.1) is 0 Å². The van der Waals surface area contributed by atoms with E-state index in [1.807, 2.05) is 13.0 Å². The molecular weight excluding hydrogens is 311 g/mol. The van der Waals surface area contributed by atoms with Crippen LogP contribution < -0.4 is 9.94 Å². The molecule has 0 atom stereocenters. The molecule has 0 saturated carbocycles. The van der Waals surface area contributed by atoms with E-state index in [4.69, 9.17) is 23.2 Å². The largest absolute Gasteiger partial charge is 0.325 e. The van der Waals surface area contributed by atoms with E-state index in [1.54, 1.807) is 35.1 Å². The number of aromatic nitrogens is 4. The van der Waals surface area contributed by atoms with Crippen LogP contribution in [0.15, 0.2) is 41.8 Å². The number of nitrogens with zero attached hydrogens (tertiary/aromatic N) is 4. The van der Waals surface area contributed by atoms with Crippen molar-refractivity contribution in [3.05, 3.63) is 52.3 Å². The van der Waals surface area contributed by atoms with Crippen molar-refractivity contribution in [2.24, 2.45) is 5.10 Å². The fourth-order valence-electron chi connectivity index (χ4n) is 1.79. The Labute approximate surface area is 130 Å². The Morgan fingerprint density at radius 2 is 2.00 bits per heavy atom. The molecule has 2 heterocycles. The first-order valence-electron chi connectivity index (χ1n) is 6.11. The molecule has 0 aliphatic rings. The molecule has 8 heteroatoms. The Bertz CT molecular complexity index is 806. The summed E-state index contributed by atoms with van der Waals surface area (Å²) in [4.78, 5) is 0. The molecule has 2 N–H and O–H groups in total. The minimum Gasteiger partial charge on any atom is -0.259 e. The highest BCUT2D eigenvalue weighted by molar-refractivity contribution is 6.35. The topological polar surface area (TPSA) is 70.1 Å². The summed E-state index contributed by atoms with van der Waals surface area (Å²) >= 11 is 12.0. The van der Waals surface area contributed by atoms with Crippen molar-refractivity contribution >= 4 is 40.4 Å². The number of hydrogen-bond donors (Lipinski definition) is 2. The second-order valence-corrected chi connectivity index (χ2v) is 5.23. The van der Waals surface area contributed by atoms with Crippen LogP contribution in [0.1, 0.15) is 12.5 Å². The molecule has 2 aromatic heterocycles. The van der Waals surface area contributed by atoms with Crippen LogP contribution in [0.4, 0.5) is 5.82 Å². The zero-order valence-electron chi connectivity index (χ0n) is 11.0. The molecule has 0 amide bonds. The standard InChI is InChI=1S/C13H10Cl2N6/c1-8(9-4-10(14)6-11(15)5-9)17-18-12-2-3-13-19-16-7-21(13)20-12/h2-7H,1H3,(H,18,20)/p+1/b17-8-. The third-order valence-electron chi connectivity index (χ3n) is 2.82. The number of benzene rings is 1. The molecule has 0 fully saturated rings. The molecule has 21 heavy (non-hydrogen) atoms. The minimum atomic E-state index is 0.570. The molecule has 6 nitrogen and oxygen atoms in total. The highest BCUT2D eigenvalue weighted by atomic mass is 35.5. The average Bonchev–Trinajstić information content (AvgIpc) is 2.91. The molecular formula is C13H11Cl2N6+. The van der Waals surface area contributed by atoms with Crippen LogP contribution in [0.5, 0.6) is 0 Å². The maximum atomic E-state index is 5.98. The average molecular weight is 322 g/mol. The van der Waals surface area contributed by atoms with Crippen LogP contribution in [0.25, 0.3) is 5.65 Å². The lowest BCUT2D eigenvalue weighted by molar-refractivity contribution is -0.579. The van der Waals surface area contributed by atoms with E-state index in [2.05, 4.69) is 25.8 Å². The summed E-state index contributed by atoms with van der Waals surface area (Å²) in [5.41, 5.74) is 5.21. The van der Waals surface area contributed by atoms with Gasteiger partial charge in [-0.3, -0.25) is 5.43 Å². The third kappa shape index (κ3) is 3.12. The highest BCUT2D eigenvalue weighted by Crippen LogP contribution is 2.19. The second kappa shape index (κ2) is 5.67. The number of hydrazone groups is 1. The van der Waals surface area contributed by atoms with Gasteiger partial charge in [0, 0.05) is 26.8 Å².